The molecular formula is H8ClO4Zn. The normalized spacial score (nSPS) is 1.17. The quantitative estimate of drug-likeness (QED) is 0.355. The van der Waals surface area contributed by atoms with Crippen LogP contribution in [0.25, 0.3) is 0 Å². The number of halogens is 1. The van der Waals surface area contributed by atoms with E-state index in [-0.39, 0.29) is 21.9 Å². The van der Waals surface area contributed by atoms with Crippen LogP contribution in [0, 0.1) is 0 Å². The summed E-state index contributed by atoms with van der Waals surface area (Å²) in [4.78, 5) is 0. The average Bonchev–Trinajstić information content (AvgIpc) is 1.00. The van der Waals surface area contributed by atoms with Crippen LogP contribution in [0.4, 0.5) is 0 Å². The van der Waals surface area contributed by atoms with Gasteiger partial charge in [-0.1, -0.05) is 0 Å². The van der Waals surface area contributed by atoms with Gasteiger partial charge in [-0.3, -0.25) is 0 Å². The molecule has 0 saturated carbocycles. The van der Waals surface area contributed by atoms with Crippen LogP contribution >= 0.6 is 9.69 Å². The average molecular weight is 173 g/mol. The molecule has 8 N–H and O–H groups in total. The van der Waals surface area contributed by atoms with Crippen molar-refractivity contribution in [1.29, 1.82) is 0 Å². The van der Waals surface area contributed by atoms with Crippen molar-refractivity contribution in [2.75, 3.05) is 0 Å². The molecule has 0 aromatic heterocycles. The van der Waals surface area contributed by atoms with Crippen LogP contribution in [-0.2, 0) is 17.3 Å². The van der Waals surface area contributed by atoms with Crippen molar-refractivity contribution >= 4 is 9.69 Å². The van der Waals surface area contributed by atoms with E-state index in [0.717, 1.165) is 17.3 Å². The second-order valence-corrected chi connectivity index (χ2v) is 0. The summed E-state index contributed by atoms with van der Waals surface area (Å²) in [6.45, 7) is 0. The number of hydrogen-bond acceptors (Lipinski definition) is 0. The molecule has 0 aliphatic rings. The van der Waals surface area contributed by atoms with E-state index < -0.39 is 0 Å². The molecule has 0 radical (unpaired) electrons. The Morgan fingerprint density at radius 1 is 0.667 bits per heavy atom. The zero-order chi connectivity index (χ0) is 2.00. The SMILES string of the molecule is O.O.O.O.[Cl][Zn]. The number of hydrogen-bond donors (Lipinski definition) is 0. The third-order valence-corrected chi connectivity index (χ3v) is 0. The van der Waals surface area contributed by atoms with Crippen molar-refractivity contribution in [1.82, 2.24) is 0 Å². The number of rotatable bonds is 0. The zero-order valence-electron chi connectivity index (χ0n) is 3.09. The summed E-state index contributed by atoms with van der Waals surface area (Å²) in [6.07, 6.45) is 0. The summed E-state index contributed by atoms with van der Waals surface area (Å²) >= 11 is 0.847. The molecule has 0 aliphatic carbocycles. The predicted molar refractivity (Wildman–Crippen MR) is 20.3 cm³/mol. The molecule has 0 amide bonds. The molecule has 0 saturated heterocycles. The fourth-order valence-electron chi connectivity index (χ4n) is 0. The molecule has 0 aliphatic heterocycles. The Bertz CT molecular complexity index is 7.51. The third-order valence-electron chi connectivity index (χ3n) is 0. The van der Waals surface area contributed by atoms with E-state index in [9.17, 15) is 0 Å². The minimum absolute atomic E-state index is 0. The van der Waals surface area contributed by atoms with Gasteiger partial charge in [0.1, 0.15) is 0 Å². The van der Waals surface area contributed by atoms with Crippen LogP contribution in [0.3, 0.4) is 0 Å². The van der Waals surface area contributed by atoms with Gasteiger partial charge in [0.25, 0.3) is 0 Å². The van der Waals surface area contributed by atoms with Gasteiger partial charge in [0.2, 0.25) is 0 Å². The standard InChI is InChI=1S/ClH.4H2O.Zn/h1H;4*1H2;/q;;;;;+1/p-1. The molecule has 6 heavy (non-hydrogen) atoms. The summed E-state index contributed by atoms with van der Waals surface area (Å²) in [7, 11) is 4.76. The van der Waals surface area contributed by atoms with E-state index in [4.69, 9.17) is 9.69 Å². The topological polar surface area (TPSA) is 126 Å². The summed E-state index contributed by atoms with van der Waals surface area (Å²) in [5.74, 6) is 0. The molecular weight excluding hydrogens is 165 g/mol. The maximum absolute atomic E-state index is 4.76. The van der Waals surface area contributed by atoms with Crippen LogP contribution in [0.1, 0.15) is 0 Å². The van der Waals surface area contributed by atoms with Crippen molar-refractivity contribution in [2.45, 2.75) is 0 Å². The van der Waals surface area contributed by atoms with E-state index >= 15 is 0 Å². The van der Waals surface area contributed by atoms with E-state index in [0.29, 0.717) is 0 Å². The first-order valence-corrected chi connectivity index (χ1v) is 4.17. The van der Waals surface area contributed by atoms with E-state index in [1.165, 1.54) is 0 Å². The van der Waals surface area contributed by atoms with Gasteiger partial charge in [-0.15, -0.1) is 0 Å². The Morgan fingerprint density at radius 2 is 0.667 bits per heavy atom. The Labute approximate surface area is 49.4 Å². The fourth-order valence-corrected chi connectivity index (χ4v) is 0. The van der Waals surface area contributed by atoms with Crippen molar-refractivity contribution < 1.29 is 39.2 Å². The van der Waals surface area contributed by atoms with Crippen LogP contribution in [0.5, 0.6) is 0 Å². The van der Waals surface area contributed by atoms with Crippen LogP contribution in [0.15, 0.2) is 0 Å². The van der Waals surface area contributed by atoms with Gasteiger partial charge in [0.05, 0.1) is 0 Å². The van der Waals surface area contributed by atoms with Crippen LogP contribution in [-0.4, -0.2) is 21.9 Å². The van der Waals surface area contributed by atoms with Gasteiger partial charge in [-0.05, 0) is 0 Å². The van der Waals surface area contributed by atoms with E-state index in [1.54, 1.807) is 0 Å². The molecule has 0 heterocycles. The molecule has 0 spiro atoms. The molecule has 0 aromatic carbocycles. The third kappa shape index (κ3) is 118. The first-order chi connectivity index (χ1) is 1.00. The first-order valence-electron chi connectivity index (χ1n) is 0.267. The summed E-state index contributed by atoms with van der Waals surface area (Å²) in [5.41, 5.74) is 0. The van der Waals surface area contributed by atoms with Crippen molar-refractivity contribution in [2.24, 2.45) is 0 Å². The second-order valence-electron chi connectivity index (χ2n) is 0. The van der Waals surface area contributed by atoms with E-state index in [2.05, 4.69) is 0 Å². The van der Waals surface area contributed by atoms with Gasteiger partial charge in [-0.2, -0.15) is 0 Å². The summed E-state index contributed by atoms with van der Waals surface area (Å²) in [5, 5.41) is 0. The van der Waals surface area contributed by atoms with Gasteiger partial charge in [-0.25, -0.2) is 0 Å². The monoisotopic (exact) mass is 171 g/mol. The minimum atomic E-state index is 0. The molecule has 0 unspecified atom stereocenters. The summed E-state index contributed by atoms with van der Waals surface area (Å²) < 4.78 is 0. The first kappa shape index (κ1) is 72.7. The van der Waals surface area contributed by atoms with Gasteiger partial charge in [0, 0.05) is 0 Å². The molecule has 0 fully saturated rings. The molecule has 0 aromatic rings. The summed E-state index contributed by atoms with van der Waals surface area (Å²) in [6, 6.07) is 0. The molecule has 0 atom stereocenters. The molecule has 4 nitrogen and oxygen atoms in total. The fraction of sp³-hybridized carbons (Fsp3) is 0. The van der Waals surface area contributed by atoms with Crippen molar-refractivity contribution in [3.8, 4) is 0 Å². The Kier molecular flexibility index (Phi) is 2780. The Morgan fingerprint density at radius 3 is 0.667 bits per heavy atom. The predicted octanol–water partition coefficient (Wildman–Crippen LogP) is -2.61. The zero-order valence-corrected chi connectivity index (χ0v) is 6.81. The second kappa shape index (κ2) is 229. The maximum atomic E-state index is 4.76. The van der Waals surface area contributed by atoms with Gasteiger partial charge < -0.3 is 21.9 Å². The van der Waals surface area contributed by atoms with Gasteiger partial charge in [0.15, 0.2) is 0 Å². The van der Waals surface area contributed by atoms with Crippen molar-refractivity contribution in [3.05, 3.63) is 0 Å². The Hall–Kier alpha value is 0.753. The molecule has 41 valence electrons. The van der Waals surface area contributed by atoms with E-state index in [1.807, 2.05) is 0 Å². The van der Waals surface area contributed by atoms with Crippen LogP contribution in [0.2, 0.25) is 0 Å². The Balaban J connectivity index is -0.000000000833. The molecule has 6 heteroatoms. The van der Waals surface area contributed by atoms with Crippen molar-refractivity contribution in [3.63, 3.8) is 0 Å². The van der Waals surface area contributed by atoms with Crippen LogP contribution < -0.4 is 0 Å². The molecule has 0 bridgehead atoms. The van der Waals surface area contributed by atoms with Gasteiger partial charge >= 0.3 is 27.0 Å². The molecule has 0 rings (SSSR count).